The summed E-state index contributed by atoms with van der Waals surface area (Å²) in [4.78, 5) is 45.9. The summed E-state index contributed by atoms with van der Waals surface area (Å²) in [6, 6.07) is 17.5. The molecule has 1 atom stereocenters. The summed E-state index contributed by atoms with van der Waals surface area (Å²) in [6.07, 6.45) is 10.0. The van der Waals surface area contributed by atoms with E-state index < -0.39 is 12.0 Å². The summed E-state index contributed by atoms with van der Waals surface area (Å²) in [6.45, 7) is 1.62. The number of rotatable bonds is 8. The van der Waals surface area contributed by atoms with E-state index in [0.717, 1.165) is 36.0 Å². The molecule has 0 spiro atoms. The number of benzene rings is 2. The highest BCUT2D eigenvalue weighted by Crippen LogP contribution is 2.35. The van der Waals surface area contributed by atoms with Crippen LogP contribution in [0.4, 0.5) is 5.69 Å². The first kappa shape index (κ1) is 26.8. The molecule has 9 nitrogen and oxygen atoms in total. The molecule has 2 heterocycles. The molecule has 1 aliphatic rings. The second kappa shape index (κ2) is 11.9. The van der Waals surface area contributed by atoms with Crippen LogP contribution in [-0.2, 0) is 9.59 Å². The number of carboxylic acid groups (broad SMARTS) is 1. The third-order valence-corrected chi connectivity index (χ3v) is 7.12. The minimum absolute atomic E-state index is 0.335. The fourth-order valence-electron chi connectivity index (χ4n) is 5.07. The molecule has 0 saturated heterocycles. The number of imidazole rings is 1. The van der Waals surface area contributed by atoms with Crippen molar-refractivity contribution in [3.8, 4) is 11.5 Å². The van der Waals surface area contributed by atoms with E-state index in [1.54, 1.807) is 49.5 Å². The first-order valence-electron chi connectivity index (χ1n) is 13.5. The number of nitrogens with zero attached hydrogens (tertiary/aromatic N) is 3. The van der Waals surface area contributed by atoms with Gasteiger partial charge in [0.05, 0.1) is 11.0 Å². The molecule has 0 unspecified atom stereocenters. The molecular weight excluding hydrogens is 506 g/mol. The molecule has 2 amide bonds. The Kier molecular flexibility index (Phi) is 8.00. The number of anilines is 1. The van der Waals surface area contributed by atoms with Crippen LogP contribution in [0, 0.1) is 0 Å². The highest BCUT2D eigenvalue weighted by atomic mass is 16.4. The predicted molar refractivity (Wildman–Crippen MR) is 154 cm³/mol. The van der Waals surface area contributed by atoms with E-state index >= 15 is 0 Å². The molecule has 1 fully saturated rings. The van der Waals surface area contributed by atoms with Crippen LogP contribution in [0.3, 0.4) is 0 Å². The second-order valence-electron chi connectivity index (χ2n) is 9.99. The zero-order valence-electron chi connectivity index (χ0n) is 22.2. The topological polar surface area (TPSA) is 126 Å². The Bertz CT molecular complexity index is 1550. The molecule has 2 aromatic carbocycles. The molecule has 1 aliphatic carbocycles. The lowest BCUT2D eigenvalue weighted by Gasteiger charge is -2.25. The summed E-state index contributed by atoms with van der Waals surface area (Å²) in [7, 11) is 0. The number of pyridine rings is 1. The van der Waals surface area contributed by atoms with Gasteiger partial charge in [-0.3, -0.25) is 14.6 Å². The Hall–Kier alpha value is -4.79. The van der Waals surface area contributed by atoms with Gasteiger partial charge >= 0.3 is 5.97 Å². The fraction of sp³-hybridized carbons (Fsp3) is 0.258. The average Bonchev–Trinajstić information content (AvgIpc) is 3.36. The van der Waals surface area contributed by atoms with Gasteiger partial charge in [-0.15, -0.1) is 0 Å². The van der Waals surface area contributed by atoms with E-state index in [0.29, 0.717) is 28.4 Å². The van der Waals surface area contributed by atoms with Gasteiger partial charge in [0.2, 0.25) is 5.91 Å². The lowest BCUT2D eigenvalue weighted by atomic mass is 9.95. The van der Waals surface area contributed by atoms with Crippen molar-refractivity contribution in [3.05, 3.63) is 84.1 Å². The third-order valence-electron chi connectivity index (χ3n) is 7.12. The maximum atomic E-state index is 13.1. The van der Waals surface area contributed by atoms with E-state index in [1.165, 1.54) is 25.3 Å². The van der Waals surface area contributed by atoms with Crippen LogP contribution >= 0.6 is 0 Å². The Balaban J connectivity index is 1.31. The number of hydrogen-bond acceptors (Lipinski definition) is 5. The second-order valence-corrected chi connectivity index (χ2v) is 9.99. The standard InChI is InChI=1S/C31H31N5O4/c1-20(30(39)34-23-14-10-21(11-15-23)12-17-28(37)38)33-31(40)22-13-16-27-26(19-22)35-29(25-9-5-6-18-32-25)36(27)24-7-3-2-4-8-24/h5-6,9-20,24H,2-4,7-8H2,1H3,(H,33,40)(H,34,39)(H,37,38)/b17-12+/t20-/m1/s1. The Labute approximate surface area is 232 Å². The van der Waals surface area contributed by atoms with Crippen molar-refractivity contribution in [1.82, 2.24) is 19.9 Å². The fourth-order valence-corrected chi connectivity index (χ4v) is 5.07. The van der Waals surface area contributed by atoms with Crippen molar-refractivity contribution in [1.29, 1.82) is 0 Å². The van der Waals surface area contributed by atoms with Crippen LogP contribution in [-0.4, -0.2) is 43.5 Å². The summed E-state index contributed by atoms with van der Waals surface area (Å²) < 4.78 is 2.28. The number of hydrogen-bond donors (Lipinski definition) is 3. The van der Waals surface area contributed by atoms with Gasteiger partial charge in [0, 0.05) is 29.6 Å². The van der Waals surface area contributed by atoms with E-state index in [-0.39, 0.29) is 11.8 Å². The van der Waals surface area contributed by atoms with E-state index in [9.17, 15) is 14.4 Å². The molecule has 2 aromatic heterocycles. The number of carbonyl (C=O) groups is 3. The summed E-state index contributed by atoms with van der Waals surface area (Å²) in [5.41, 5.74) is 4.13. The van der Waals surface area contributed by atoms with E-state index in [2.05, 4.69) is 20.2 Å². The zero-order valence-corrected chi connectivity index (χ0v) is 22.2. The molecule has 1 saturated carbocycles. The van der Waals surface area contributed by atoms with Gasteiger partial charge in [0.1, 0.15) is 11.7 Å². The van der Waals surface area contributed by atoms with E-state index in [4.69, 9.17) is 10.1 Å². The molecule has 3 N–H and O–H groups in total. The molecule has 40 heavy (non-hydrogen) atoms. The molecule has 5 rings (SSSR count). The number of nitrogens with one attached hydrogen (secondary N) is 2. The molecule has 0 aliphatic heterocycles. The Morgan fingerprint density at radius 1 is 1.02 bits per heavy atom. The normalized spacial score (nSPS) is 14.7. The smallest absolute Gasteiger partial charge is 0.328 e. The number of fused-ring (bicyclic) bond motifs is 1. The Morgan fingerprint density at radius 2 is 1.80 bits per heavy atom. The molecule has 0 radical (unpaired) electrons. The lowest BCUT2D eigenvalue weighted by Crippen LogP contribution is -2.41. The van der Waals surface area contributed by atoms with Crippen molar-refractivity contribution < 1.29 is 19.5 Å². The van der Waals surface area contributed by atoms with Crippen LogP contribution in [0.15, 0.2) is 72.9 Å². The Morgan fingerprint density at radius 3 is 2.50 bits per heavy atom. The first-order chi connectivity index (χ1) is 19.4. The number of aliphatic carboxylic acids is 1. The lowest BCUT2D eigenvalue weighted by molar-refractivity contribution is -0.131. The summed E-state index contributed by atoms with van der Waals surface area (Å²) in [5, 5.41) is 14.3. The molecular formula is C31H31N5O4. The van der Waals surface area contributed by atoms with Gasteiger partial charge in [-0.2, -0.15) is 0 Å². The summed E-state index contributed by atoms with van der Waals surface area (Å²) in [5.74, 6) is -0.975. The van der Waals surface area contributed by atoms with Crippen molar-refractivity contribution in [2.45, 2.75) is 51.1 Å². The number of carbonyl (C=O) groups excluding carboxylic acids is 2. The number of carboxylic acids is 1. The van der Waals surface area contributed by atoms with Gasteiger partial charge in [0.15, 0.2) is 5.82 Å². The third kappa shape index (κ3) is 6.09. The van der Waals surface area contributed by atoms with Gasteiger partial charge in [-0.05, 0) is 73.9 Å². The van der Waals surface area contributed by atoms with Crippen LogP contribution in [0.25, 0.3) is 28.6 Å². The predicted octanol–water partition coefficient (Wildman–Crippen LogP) is 5.46. The molecule has 204 valence electrons. The number of amides is 2. The molecule has 9 heteroatoms. The van der Waals surface area contributed by atoms with Gasteiger partial charge < -0.3 is 20.3 Å². The quantitative estimate of drug-likeness (QED) is 0.256. The van der Waals surface area contributed by atoms with Crippen LogP contribution < -0.4 is 10.6 Å². The van der Waals surface area contributed by atoms with Crippen LogP contribution in [0.5, 0.6) is 0 Å². The molecule has 0 bridgehead atoms. The minimum Gasteiger partial charge on any atom is -0.478 e. The van der Waals surface area contributed by atoms with Crippen molar-refractivity contribution >= 4 is 40.6 Å². The van der Waals surface area contributed by atoms with Crippen LogP contribution in [0.2, 0.25) is 0 Å². The van der Waals surface area contributed by atoms with Crippen molar-refractivity contribution in [2.75, 3.05) is 5.32 Å². The highest BCUT2D eigenvalue weighted by molar-refractivity contribution is 6.02. The van der Waals surface area contributed by atoms with E-state index in [1.807, 2.05) is 24.3 Å². The minimum atomic E-state index is -1.03. The van der Waals surface area contributed by atoms with Gasteiger partial charge in [-0.1, -0.05) is 37.5 Å². The zero-order chi connectivity index (χ0) is 28.1. The highest BCUT2D eigenvalue weighted by Gasteiger charge is 2.24. The maximum Gasteiger partial charge on any atom is 0.328 e. The summed E-state index contributed by atoms with van der Waals surface area (Å²) >= 11 is 0. The maximum absolute atomic E-state index is 13.1. The first-order valence-corrected chi connectivity index (χ1v) is 13.5. The monoisotopic (exact) mass is 537 g/mol. The number of aromatic nitrogens is 3. The largest absolute Gasteiger partial charge is 0.478 e. The van der Waals surface area contributed by atoms with Crippen molar-refractivity contribution in [3.63, 3.8) is 0 Å². The van der Waals surface area contributed by atoms with Gasteiger partial charge in [0.25, 0.3) is 5.91 Å². The SMILES string of the molecule is C[C@@H](NC(=O)c1ccc2c(c1)nc(-c1ccccn1)n2C1CCCCC1)C(=O)Nc1ccc(/C=C/C(=O)O)cc1. The van der Waals surface area contributed by atoms with Crippen molar-refractivity contribution in [2.24, 2.45) is 0 Å². The van der Waals surface area contributed by atoms with Crippen LogP contribution in [0.1, 0.15) is 61.0 Å². The molecule has 4 aromatic rings. The van der Waals surface area contributed by atoms with Gasteiger partial charge in [-0.25, -0.2) is 9.78 Å². The average molecular weight is 538 g/mol.